The highest BCUT2D eigenvalue weighted by Crippen LogP contribution is 2.29. The van der Waals surface area contributed by atoms with Crippen molar-refractivity contribution in [2.75, 3.05) is 31.1 Å². The molecular formula is C17H19F3N6OS. The number of nitrogens with two attached hydrogens (primary N) is 1. The first-order chi connectivity index (χ1) is 13.3. The molecule has 11 heteroatoms. The van der Waals surface area contributed by atoms with E-state index in [0.717, 1.165) is 31.1 Å². The van der Waals surface area contributed by atoms with Crippen LogP contribution in [0.2, 0.25) is 0 Å². The molecule has 0 radical (unpaired) electrons. The van der Waals surface area contributed by atoms with Gasteiger partial charge in [-0.25, -0.2) is 4.98 Å². The molecule has 0 spiro atoms. The Kier molecular flexibility index (Phi) is 6.15. The first-order valence-electron chi connectivity index (χ1n) is 8.49. The molecule has 0 atom stereocenters. The van der Waals surface area contributed by atoms with E-state index in [1.807, 2.05) is 11.0 Å². The van der Waals surface area contributed by atoms with Gasteiger partial charge in [0.1, 0.15) is 17.3 Å². The van der Waals surface area contributed by atoms with Crippen molar-refractivity contribution >= 4 is 29.4 Å². The summed E-state index contributed by atoms with van der Waals surface area (Å²) in [5.41, 5.74) is 6.99. The number of anilines is 1. The largest absolute Gasteiger partial charge is 0.459 e. The van der Waals surface area contributed by atoms with Crippen LogP contribution in [0.25, 0.3) is 0 Å². The van der Waals surface area contributed by atoms with Crippen LogP contribution in [0, 0.1) is 0 Å². The van der Waals surface area contributed by atoms with Crippen molar-refractivity contribution in [1.29, 1.82) is 0 Å². The summed E-state index contributed by atoms with van der Waals surface area (Å²) in [4.78, 5) is 8.12. The highest BCUT2D eigenvalue weighted by atomic mass is 32.1. The standard InChI is InChI=1S/C17H19F3N6OS/c18-17(19,20)12-1-4-15(22-9-12)26-7-5-25(6-8-26)11-14-3-2-13(27-14)10-23-24-16(21)28/h1-4,9-10H,5-8,11H2,(H3,21,24,28). The second-order valence-electron chi connectivity index (χ2n) is 6.20. The number of nitrogens with one attached hydrogen (secondary N) is 1. The molecule has 0 bridgehead atoms. The number of furan rings is 1. The Balaban J connectivity index is 1.50. The summed E-state index contributed by atoms with van der Waals surface area (Å²) in [6.45, 7) is 3.47. The van der Waals surface area contributed by atoms with Gasteiger partial charge in [0.05, 0.1) is 18.3 Å². The van der Waals surface area contributed by atoms with Crippen molar-refractivity contribution in [3.8, 4) is 0 Å². The molecule has 7 nitrogen and oxygen atoms in total. The van der Waals surface area contributed by atoms with Crippen molar-refractivity contribution < 1.29 is 17.6 Å². The quantitative estimate of drug-likeness (QED) is 0.443. The average Bonchev–Trinajstić information content (AvgIpc) is 3.09. The lowest BCUT2D eigenvalue weighted by atomic mass is 10.2. The normalized spacial score (nSPS) is 15.9. The smallest absolute Gasteiger partial charge is 0.417 e. The predicted molar refractivity (Wildman–Crippen MR) is 103 cm³/mol. The zero-order valence-corrected chi connectivity index (χ0v) is 15.6. The molecule has 0 amide bonds. The molecule has 3 heterocycles. The van der Waals surface area contributed by atoms with Gasteiger partial charge in [0.25, 0.3) is 0 Å². The number of hydrogen-bond donors (Lipinski definition) is 2. The average molecular weight is 412 g/mol. The summed E-state index contributed by atoms with van der Waals surface area (Å²) in [6.07, 6.45) is -2.01. The van der Waals surface area contributed by atoms with Gasteiger partial charge in [-0.05, 0) is 36.5 Å². The van der Waals surface area contributed by atoms with E-state index in [-0.39, 0.29) is 5.11 Å². The van der Waals surface area contributed by atoms with Crippen LogP contribution in [-0.2, 0) is 12.7 Å². The highest BCUT2D eigenvalue weighted by Gasteiger charge is 2.31. The van der Waals surface area contributed by atoms with Gasteiger partial charge in [0, 0.05) is 32.4 Å². The van der Waals surface area contributed by atoms with Gasteiger partial charge >= 0.3 is 6.18 Å². The zero-order chi connectivity index (χ0) is 20.1. The minimum atomic E-state index is -4.37. The summed E-state index contributed by atoms with van der Waals surface area (Å²) in [5.74, 6) is 1.92. The zero-order valence-electron chi connectivity index (χ0n) is 14.8. The van der Waals surface area contributed by atoms with E-state index >= 15 is 0 Å². The number of hydrazone groups is 1. The van der Waals surface area contributed by atoms with E-state index in [9.17, 15) is 13.2 Å². The third-order valence-electron chi connectivity index (χ3n) is 4.20. The molecule has 0 saturated carbocycles. The lowest BCUT2D eigenvalue weighted by Crippen LogP contribution is -2.46. The molecule has 3 N–H and O–H groups in total. The Morgan fingerprint density at radius 3 is 2.61 bits per heavy atom. The van der Waals surface area contributed by atoms with E-state index in [1.165, 1.54) is 12.3 Å². The van der Waals surface area contributed by atoms with Crippen LogP contribution in [0.1, 0.15) is 17.1 Å². The molecule has 1 aliphatic rings. The van der Waals surface area contributed by atoms with Gasteiger partial charge in [0.2, 0.25) is 0 Å². The third kappa shape index (κ3) is 5.42. The Morgan fingerprint density at radius 2 is 2.00 bits per heavy atom. The van der Waals surface area contributed by atoms with Gasteiger partial charge < -0.3 is 15.1 Å². The van der Waals surface area contributed by atoms with Gasteiger partial charge in [-0.15, -0.1) is 0 Å². The maximum atomic E-state index is 12.6. The van der Waals surface area contributed by atoms with E-state index in [1.54, 1.807) is 6.07 Å². The molecule has 150 valence electrons. The summed E-state index contributed by atoms with van der Waals surface area (Å²) in [7, 11) is 0. The SMILES string of the molecule is NC(=S)NN=Cc1ccc(CN2CCN(c3ccc(C(F)(F)F)cn3)CC2)o1. The van der Waals surface area contributed by atoms with Crippen LogP contribution in [0.3, 0.4) is 0 Å². The van der Waals surface area contributed by atoms with Crippen LogP contribution in [0.4, 0.5) is 19.0 Å². The Bertz CT molecular complexity index is 828. The van der Waals surface area contributed by atoms with Crippen molar-refractivity contribution in [1.82, 2.24) is 15.3 Å². The number of thiocarbonyl (C=S) groups is 1. The minimum Gasteiger partial charge on any atom is -0.459 e. The number of hydrogen-bond acceptors (Lipinski definition) is 6. The number of halogens is 3. The second kappa shape index (κ2) is 8.57. The predicted octanol–water partition coefficient (Wildman–Crippen LogP) is 2.18. The number of rotatable bonds is 5. The number of piperazine rings is 1. The summed E-state index contributed by atoms with van der Waals surface area (Å²) in [5, 5.41) is 3.91. The van der Waals surface area contributed by atoms with Crippen molar-refractivity contribution in [2.45, 2.75) is 12.7 Å². The fourth-order valence-corrected chi connectivity index (χ4v) is 2.86. The Labute approximate surface area is 165 Å². The van der Waals surface area contributed by atoms with E-state index in [2.05, 4.69) is 32.6 Å². The van der Waals surface area contributed by atoms with Crippen LogP contribution in [0.15, 0.2) is 40.0 Å². The van der Waals surface area contributed by atoms with Gasteiger partial charge in [-0.1, -0.05) is 0 Å². The molecule has 2 aromatic heterocycles. The maximum absolute atomic E-state index is 12.6. The van der Waals surface area contributed by atoms with Crippen molar-refractivity contribution in [3.63, 3.8) is 0 Å². The molecule has 0 aliphatic carbocycles. The molecule has 0 unspecified atom stereocenters. The summed E-state index contributed by atoms with van der Waals surface area (Å²) >= 11 is 4.65. The Morgan fingerprint density at radius 1 is 1.25 bits per heavy atom. The molecular weight excluding hydrogens is 393 g/mol. The third-order valence-corrected chi connectivity index (χ3v) is 4.29. The number of alkyl halides is 3. The topological polar surface area (TPSA) is 82.9 Å². The fraction of sp³-hybridized carbons (Fsp3) is 0.353. The van der Waals surface area contributed by atoms with Gasteiger partial charge in [-0.2, -0.15) is 18.3 Å². The summed E-state index contributed by atoms with van der Waals surface area (Å²) < 4.78 is 43.6. The number of nitrogens with zero attached hydrogens (tertiary/aromatic N) is 4. The summed E-state index contributed by atoms with van der Waals surface area (Å²) in [6, 6.07) is 6.14. The fourth-order valence-electron chi connectivity index (χ4n) is 2.80. The minimum absolute atomic E-state index is 0.0726. The molecule has 1 fully saturated rings. The van der Waals surface area contributed by atoms with Gasteiger partial charge in [0.15, 0.2) is 5.11 Å². The first kappa shape index (κ1) is 20.1. The van der Waals surface area contributed by atoms with Crippen molar-refractivity contribution in [3.05, 3.63) is 47.5 Å². The molecule has 0 aromatic carbocycles. The lowest BCUT2D eigenvalue weighted by Gasteiger charge is -2.35. The number of aromatic nitrogens is 1. The van der Waals surface area contributed by atoms with Crippen LogP contribution >= 0.6 is 12.2 Å². The monoisotopic (exact) mass is 412 g/mol. The maximum Gasteiger partial charge on any atom is 0.417 e. The van der Waals surface area contributed by atoms with Crippen molar-refractivity contribution in [2.24, 2.45) is 10.8 Å². The first-order valence-corrected chi connectivity index (χ1v) is 8.90. The highest BCUT2D eigenvalue weighted by molar-refractivity contribution is 7.80. The van der Waals surface area contributed by atoms with E-state index in [0.29, 0.717) is 31.2 Å². The van der Waals surface area contributed by atoms with Crippen LogP contribution in [0.5, 0.6) is 0 Å². The molecule has 2 aromatic rings. The Hall–Kier alpha value is -2.66. The second-order valence-corrected chi connectivity index (χ2v) is 6.64. The molecule has 1 aliphatic heterocycles. The molecule has 3 rings (SSSR count). The van der Waals surface area contributed by atoms with E-state index in [4.69, 9.17) is 10.2 Å². The van der Waals surface area contributed by atoms with Crippen LogP contribution in [-0.4, -0.2) is 47.4 Å². The lowest BCUT2D eigenvalue weighted by molar-refractivity contribution is -0.137. The molecule has 1 saturated heterocycles. The number of pyridine rings is 1. The van der Waals surface area contributed by atoms with Crippen LogP contribution < -0.4 is 16.1 Å². The van der Waals surface area contributed by atoms with E-state index < -0.39 is 11.7 Å². The van der Waals surface area contributed by atoms with Gasteiger partial charge in [-0.3, -0.25) is 10.3 Å². The molecule has 28 heavy (non-hydrogen) atoms.